The molecule has 0 aliphatic heterocycles. The number of carbonyl (C=O) groups excluding carboxylic acids is 3. The Balaban J connectivity index is 1.63. The minimum Gasteiger partial charge on any atom is -0.299 e. The number of Topliss-reactive ketones (excluding diaryl/α,β-unsaturated/α-hetero) is 3. The Morgan fingerprint density at radius 1 is 0.737 bits per heavy atom. The van der Waals surface area contributed by atoms with Gasteiger partial charge >= 0.3 is 0 Å². The van der Waals surface area contributed by atoms with Crippen LogP contribution in [0.3, 0.4) is 0 Å². The van der Waals surface area contributed by atoms with Crippen LogP contribution in [-0.4, -0.2) is 17.3 Å². The lowest BCUT2D eigenvalue weighted by Crippen LogP contribution is -2.41. The van der Waals surface area contributed by atoms with E-state index in [9.17, 15) is 14.4 Å². The van der Waals surface area contributed by atoms with E-state index in [-0.39, 0.29) is 29.5 Å². The van der Waals surface area contributed by atoms with E-state index < -0.39 is 0 Å². The van der Waals surface area contributed by atoms with Gasteiger partial charge in [-0.05, 0) is 35.7 Å². The molecule has 0 bridgehead atoms. The minimum atomic E-state index is 0.0505. The Morgan fingerprint density at radius 2 is 1.26 bits per heavy atom. The first-order valence-electron chi connectivity index (χ1n) is 7.49. The lowest BCUT2D eigenvalue weighted by atomic mass is 9.60. The topological polar surface area (TPSA) is 51.2 Å². The van der Waals surface area contributed by atoms with Crippen molar-refractivity contribution in [3.63, 3.8) is 0 Å². The fourth-order valence-corrected chi connectivity index (χ4v) is 6.87. The van der Waals surface area contributed by atoms with Crippen LogP contribution in [0.2, 0.25) is 0 Å². The zero-order chi connectivity index (χ0) is 12.6. The molecule has 3 nitrogen and oxygen atoms in total. The second-order valence-electron chi connectivity index (χ2n) is 7.47. The molecule has 3 heteroatoms. The quantitative estimate of drug-likeness (QED) is 0.610. The summed E-state index contributed by atoms with van der Waals surface area (Å²) in [5.74, 6) is 3.68. The maximum absolute atomic E-state index is 12.7. The van der Waals surface area contributed by atoms with Gasteiger partial charge in [0.05, 0.1) is 0 Å². The molecule has 0 unspecified atom stereocenters. The third-order valence-corrected chi connectivity index (χ3v) is 7.23. The average Bonchev–Trinajstić information content (AvgIpc) is 2.92. The average molecular weight is 254 g/mol. The molecule has 96 valence electrons. The number of rotatable bonds is 0. The first-order valence-corrected chi connectivity index (χ1v) is 7.49. The summed E-state index contributed by atoms with van der Waals surface area (Å²) in [5, 5.41) is 0. The lowest BCUT2D eigenvalue weighted by molar-refractivity contribution is -0.127. The Kier molecular flexibility index (Phi) is 1.27. The second kappa shape index (κ2) is 2.50. The van der Waals surface area contributed by atoms with E-state index in [1.54, 1.807) is 0 Å². The van der Waals surface area contributed by atoms with E-state index >= 15 is 0 Å². The van der Waals surface area contributed by atoms with Gasteiger partial charge in [-0.2, -0.15) is 0 Å². The molecule has 0 radical (unpaired) electrons. The highest BCUT2D eigenvalue weighted by Gasteiger charge is 2.81. The van der Waals surface area contributed by atoms with Gasteiger partial charge < -0.3 is 0 Å². The molecule has 6 saturated carbocycles. The maximum atomic E-state index is 12.7. The van der Waals surface area contributed by atoms with Gasteiger partial charge in [0.2, 0.25) is 0 Å². The van der Waals surface area contributed by atoms with Gasteiger partial charge in [-0.15, -0.1) is 0 Å². The third kappa shape index (κ3) is 0.728. The van der Waals surface area contributed by atoms with Crippen LogP contribution >= 0.6 is 0 Å². The molecule has 0 aromatic rings. The summed E-state index contributed by atoms with van der Waals surface area (Å²) in [6, 6.07) is 0. The molecular weight excluding hydrogens is 240 g/mol. The zero-order valence-corrected chi connectivity index (χ0v) is 10.5. The van der Waals surface area contributed by atoms with Crippen molar-refractivity contribution in [3.8, 4) is 0 Å². The highest BCUT2D eigenvalue weighted by molar-refractivity contribution is 6.03. The molecule has 0 aromatic heterocycles. The Bertz CT molecular complexity index is 592. The summed E-state index contributed by atoms with van der Waals surface area (Å²) in [5.41, 5.74) is 2.32. The van der Waals surface area contributed by atoms with Crippen molar-refractivity contribution in [2.75, 3.05) is 0 Å². The van der Waals surface area contributed by atoms with Crippen molar-refractivity contribution < 1.29 is 14.4 Å². The van der Waals surface area contributed by atoms with Gasteiger partial charge in [-0.1, -0.05) is 5.57 Å². The summed E-state index contributed by atoms with van der Waals surface area (Å²) in [6.07, 6.45) is 1.90. The zero-order valence-electron chi connectivity index (χ0n) is 10.5. The van der Waals surface area contributed by atoms with E-state index in [0.717, 1.165) is 17.6 Å². The predicted octanol–water partition coefficient (Wildman–Crippen LogP) is 1.17. The molecule has 6 fully saturated rings. The maximum Gasteiger partial charge on any atom is 0.143 e. The third-order valence-electron chi connectivity index (χ3n) is 7.23. The van der Waals surface area contributed by atoms with Crippen molar-refractivity contribution in [1.82, 2.24) is 0 Å². The molecule has 8 atom stereocenters. The van der Waals surface area contributed by atoms with Gasteiger partial charge in [0, 0.05) is 36.5 Å². The van der Waals surface area contributed by atoms with Gasteiger partial charge in [0.15, 0.2) is 0 Å². The van der Waals surface area contributed by atoms with Gasteiger partial charge in [0.25, 0.3) is 0 Å². The molecule has 0 amide bonds. The van der Waals surface area contributed by atoms with Crippen molar-refractivity contribution in [1.29, 1.82) is 0 Å². The van der Waals surface area contributed by atoms with E-state index in [1.807, 2.05) is 0 Å². The first-order chi connectivity index (χ1) is 9.18. The molecular formula is C16H14O3. The lowest BCUT2D eigenvalue weighted by Gasteiger charge is -2.43. The standard InChI is InChI=1S/C16H14O3/c17-5-1-4(2-5)8-13-11-9-6(15(13)18)3-7-10(9)12(11)14(8)16(7)19/h6-7,9-14H,1-3H2/t6-,7+,9-,10+,11+,12-,13-,14-/m0/s1. The fourth-order valence-electron chi connectivity index (χ4n) is 6.87. The largest absolute Gasteiger partial charge is 0.299 e. The molecule has 0 N–H and O–H groups in total. The smallest absolute Gasteiger partial charge is 0.143 e. The normalized spacial score (nSPS) is 59.1. The summed E-state index contributed by atoms with van der Waals surface area (Å²) >= 11 is 0. The number of hydrogen-bond donors (Lipinski definition) is 0. The Morgan fingerprint density at radius 3 is 1.74 bits per heavy atom. The van der Waals surface area contributed by atoms with E-state index in [0.29, 0.717) is 48.1 Å². The SMILES string of the molecule is O=C1CC(=C2[C@@H]3C(=O)[C@@H]4C[C@@H]5C(=O)[C@@H]2[C@H]2[C@@H]3[C@H]4[C@@H]25)C1. The van der Waals surface area contributed by atoms with Crippen molar-refractivity contribution in [2.24, 2.45) is 47.3 Å². The molecule has 6 aliphatic rings. The Hall–Kier alpha value is -1.25. The highest BCUT2D eigenvalue weighted by Crippen LogP contribution is 2.79. The van der Waals surface area contributed by atoms with E-state index in [4.69, 9.17) is 0 Å². The van der Waals surface area contributed by atoms with Crippen molar-refractivity contribution in [3.05, 3.63) is 11.1 Å². The predicted molar refractivity (Wildman–Crippen MR) is 63.8 cm³/mol. The van der Waals surface area contributed by atoms with Gasteiger partial charge in [-0.3, -0.25) is 14.4 Å². The molecule has 0 heterocycles. The van der Waals surface area contributed by atoms with Crippen LogP contribution in [0.4, 0.5) is 0 Å². The molecule has 19 heavy (non-hydrogen) atoms. The van der Waals surface area contributed by atoms with Crippen LogP contribution in [0.1, 0.15) is 19.3 Å². The van der Waals surface area contributed by atoms with Crippen LogP contribution in [0.15, 0.2) is 11.1 Å². The van der Waals surface area contributed by atoms with E-state index in [1.165, 1.54) is 0 Å². The number of carbonyl (C=O) groups is 3. The fraction of sp³-hybridized carbons (Fsp3) is 0.688. The summed E-state index contributed by atoms with van der Waals surface area (Å²) in [6.45, 7) is 0. The molecule has 0 spiro atoms. The van der Waals surface area contributed by atoms with Crippen LogP contribution in [-0.2, 0) is 14.4 Å². The van der Waals surface area contributed by atoms with Gasteiger partial charge in [0.1, 0.15) is 17.3 Å². The molecule has 0 aromatic carbocycles. The van der Waals surface area contributed by atoms with Crippen LogP contribution < -0.4 is 0 Å². The number of hydrogen-bond acceptors (Lipinski definition) is 3. The number of ketones is 3. The van der Waals surface area contributed by atoms with Crippen LogP contribution in [0.5, 0.6) is 0 Å². The minimum absolute atomic E-state index is 0.0505. The van der Waals surface area contributed by atoms with Crippen molar-refractivity contribution >= 4 is 17.3 Å². The van der Waals surface area contributed by atoms with Crippen LogP contribution in [0, 0.1) is 47.3 Å². The summed E-state index contributed by atoms with van der Waals surface area (Å²) < 4.78 is 0. The molecule has 0 saturated heterocycles. The number of allylic oxidation sites excluding steroid dienone is 2. The van der Waals surface area contributed by atoms with Gasteiger partial charge in [-0.25, -0.2) is 0 Å². The monoisotopic (exact) mass is 254 g/mol. The van der Waals surface area contributed by atoms with E-state index in [2.05, 4.69) is 0 Å². The summed E-state index contributed by atoms with van der Waals surface area (Å²) in [4.78, 5) is 36.6. The molecule has 6 rings (SSSR count). The summed E-state index contributed by atoms with van der Waals surface area (Å²) in [7, 11) is 0. The Labute approximate surface area is 110 Å². The first kappa shape index (κ1) is 9.62. The van der Waals surface area contributed by atoms with Crippen LogP contribution in [0.25, 0.3) is 0 Å². The highest BCUT2D eigenvalue weighted by atomic mass is 16.1. The van der Waals surface area contributed by atoms with Crippen molar-refractivity contribution in [2.45, 2.75) is 19.3 Å². The molecule has 6 aliphatic carbocycles. The second-order valence-corrected chi connectivity index (χ2v) is 7.47.